The molecule has 2 rings (SSSR count). The molecule has 0 radical (unpaired) electrons. The van der Waals surface area contributed by atoms with Gasteiger partial charge in [-0.25, -0.2) is 0 Å². The SMILES string of the molecule is CNCCC1CCN(Cc2cccc(OC(F)(F)F)c2)CC1. The molecule has 22 heavy (non-hydrogen) atoms. The minimum atomic E-state index is -4.63. The molecule has 1 aliphatic rings. The molecule has 0 bridgehead atoms. The highest BCUT2D eigenvalue weighted by Gasteiger charge is 2.31. The predicted octanol–water partition coefficient (Wildman–Crippen LogP) is 3.41. The number of likely N-dealkylation sites (tertiary alicyclic amines) is 1. The van der Waals surface area contributed by atoms with Gasteiger partial charge in [-0.15, -0.1) is 13.2 Å². The highest BCUT2D eigenvalue weighted by atomic mass is 19.4. The highest BCUT2D eigenvalue weighted by Crippen LogP contribution is 2.25. The number of benzene rings is 1. The topological polar surface area (TPSA) is 24.5 Å². The van der Waals surface area contributed by atoms with E-state index >= 15 is 0 Å². The van der Waals surface area contributed by atoms with Gasteiger partial charge in [-0.2, -0.15) is 0 Å². The largest absolute Gasteiger partial charge is 0.573 e. The second-order valence-electron chi connectivity index (χ2n) is 5.81. The zero-order valence-corrected chi connectivity index (χ0v) is 12.8. The molecule has 1 saturated heterocycles. The average molecular weight is 316 g/mol. The summed E-state index contributed by atoms with van der Waals surface area (Å²) in [6.07, 6.45) is -1.13. The standard InChI is InChI=1S/C16H23F3N2O/c1-20-8-5-13-6-9-21(10-7-13)12-14-3-2-4-15(11-14)22-16(17,18)19/h2-4,11,13,20H,5-10,12H2,1H3. The maximum absolute atomic E-state index is 12.2. The number of ether oxygens (including phenoxy) is 1. The van der Waals surface area contributed by atoms with Gasteiger partial charge in [0.1, 0.15) is 5.75 Å². The molecule has 0 amide bonds. The van der Waals surface area contributed by atoms with Crippen LogP contribution in [0.5, 0.6) is 5.75 Å². The molecule has 1 aliphatic heterocycles. The quantitative estimate of drug-likeness (QED) is 0.870. The Morgan fingerprint density at radius 1 is 1.27 bits per heavy atom. The first-order valence-electron chi connectivity index (χ1n) is 7.68. The monoisotopic (exact) mass is 316 g/mol. The molecule has 1 aromatic rings. The Balaban J connectivity index is 1.83. The van der Waals surface area contributed by atoms with Gasteiger partial charge in [0.05, 0.1) is 0 Å². The molecular weight excluding hydrogens is 293 g/mol. The molecule has 0 spiro atoms. The van der Waals surface area contributed by atoms with Crippen LogP contribution in [0.1, 0.15) is 24.8 Å². The lowest BCUT2D eigenvalue weighted by atomic mass is 9.93. The molecule has 1 fully saturated rings. The van der Waals surface area contributed by atoms with E-state index in [1.165, 1.54) is 18.6 Å². The van der Waals surface area contributed by atoms with Gasteiger partial charge in [-0.3, -0.25) is 4.90 Å². The molecule has 124 valence electrons. The Bertz CT molecular complexity index is 457. The van der Waals surface area contributed by atoms with Crippen molar-refractivity contribution in [1.29, 1.82) is 0 Å². The van der Waals surface area contributed by atoms with E-state index in [4.69, 9.17) is 0 Å². The van der Waals surface area contributed by atoms with E-state index in [9.17, 15) is 13.2 Å². The molecule has 1 aromatic carbocycles. The van der Waals surface area contributed by atoms with E-state index in [-0.39, 0.29) is 5.75 Å². The van der Waals surface area contributed by atoms with Crippen molar-refractivity contribution in [1.82, 2.24) is 10.2 Å². The van der Waals surface area contributed by atoms with E-state index in [2.05, 4.69) is 15.0 Å². The van der Waals surface area contributed by atoms with Crippen LogP contribution in [-0.2, 0) is 6.54 Å². The summed E-state index contributed by atoms with van der Waals surface area (Å²) in [5, 5.41) is 3.17. The highest BCUT2D eigenvalue weighted by molar-refractivity contribution is 5.28. The van der Waals surface area contributed by atoms with E-state index in [1.54, 1.807) is 6.07 Å². The van der Waals surface area contributed by atoms with E-state index in [1.807, 2.05) is 13.1 Å². The van der Waals surface area contributed by atoms with Crippen LogP contribution in [0.3, 0.4) is 0 Å². The maximum Gasteiger partial charge on any atom is 0.573 e. The molecular formula is C16H23F3N2O. The van der Waals surface area contributed by atoms with Gasteiger partial charge in [-0.1, -0.05) is 12.1 Å². The summed E-state index contributed by atoms with van der Waals surface area (Å²) in [5.74, 6) is 0.609. The Morgan fingerprint density at radius 2 is 2.00 bits per heavy atom. The third kappa shape index (κ3) is 5.85. The van der Waals surface area contributed by atoms with E-state index < -0.39 is 6.36 Å². The Hall–Kier alpha value is -1.27. The third-order valence-electron chi connectivity index (χ3n) is 4.05. The van der Waals surface area contributed by atoms with Crippen molar-refractivity contribution in [3.05, 3.63) is 29.8 Å². The maximum atomic E-state index is 12.2. The first-order valence-corrected chi connectivity index (χ1v) is 7.68. The minimum absolute atomic E-state index is 0.145. The van der Waals surface area contributed by atoms with E-state index in [0.717, 1.165) is 44.0 Å². The number of halogens is 3. The molecule has 3 nitrogen and oxygen atoms in total. The van der Waals surface area contributed by atoms with Crippen molar-refractivity contribution >= 4 is 0 Å². The zero-order valence-electron chi connectivity index (χ0n) is 12.8. The fourth-order valence-corrected chi connectivity index (χ4v) is 2.88. The minimum Gasteiger partial charge on any atom is -0.406 e. The summed E-state index contributed by atoms with van der Waals surface area (Å²) in [6, 6.07) is 6.26. The number of rotatable bonds is 6. The zero-order chi connectivity index (χ0) is 16.0. The van der Waals surface area contributed by atoms with Crippen LogP contribution in [0.25, 0.3) is 0 Å². The van der Waals surface area contributed by atoms with Crippen molar-refractivity contribution in [2.24, 2.45) is 5.92 Å². The first kappa shape index (κ1) is 17.1. The Labute approximate surface area is 129 Å². The number of nitrogens with zero attached hydrogens (tertiary/aromatic N) is 1. The van der Waals surface area contributed by atoms with Gasteiger partial charge in [-0.05, 0) is 69.6 Å². The van der Waals surface area contributed by atoms with Crippen molar-refractivity contribution in [2.45, 2.75) is 32.2 Å². The molecule has 1 heterocycles. The first-order chi connectivity index (χ1) is 10.5. The van der Waals surface area contributed by atoms with Crippen LogP contribution < -0.4 is 10.1 Å². The van der Waals surface area contributed by atoms with E-state index in [0.29, 0.717) is 6.54 Å². The molecule has 0 saturated carbocycles. The summed E-state index contributed by atoms with van der Waals surface area (Å²) in [7, 11) is 1.96. The fraction of sp³-hybridized carbons (Fsp3) is 0.625. The van der Waals surface area contributed by atoms with Crippen LogP contribution in [0.2, 0.25) is 0 Å². The Morgan fingerprint density at radius 3 is 2.64 bits per heavy atom. The van der Waals surface area contributed by atoms with Gasteiger partial charge in [0.25, 0.3) is 0 Å². The second-order valence-corrected chi connectivity index (χ2v) is 5.81. The average Bonchev–Trinajstić information content (AvgIpc) is 2.45. The second kappa shape index (κ2) is 7.83. The van der Waals surface area contributed by atoms with Crippen molar-refractivity contribution < 1.29 is 17.9 Å². The van der Waals surface area contributed by atoms with Gasteiger partial charge in [0.2, 0.25) is 0 Å². The van der Waals surface area contributed by atoms with Crippen molar-refractivity contribution in [2.75, 3.05) is 26.7 Å². The lowest BCUT2D eigenvalue weighted by Gasteiger charge is -2.32. The lowest BCUT2D eigenvalue weighted by Crippen LogP contribution is -2.34. The molecule has 1 N–H and O–H groups in total. The van der Waals surface area contributed by atoms with Gasteiger partial charge in [0, 0.05) is 6.54 Å². The number of hydrogen-bond donors (Lipinski definition) is 1. The summed E-state index contributed by atoms with van der Waals surface area (Å²) < 4.78 is 40.7. The van der Waals surface area contributed by atoms with Crippen LogP contribution in [0.15, 0.2) is 24.3 Å². The van der Waals surface area contributed by atoms with Gasteiger partial charge in [0.15, 0.2) is 0 Å². The third-order valence-corrected chi connectivity index (χ3v) is 4.05. The number of hydrogen-bond acceptors (Lipinski definition) is 3. The van der Waals surface area contributed by atoms with Crippen LogP contribution in [0.4, 0.5) is 13.2 Å². The molecule has 0 aromatic heterocycles. The van der Waals surface area contributed by atoms with Crippen molar-refractivity contribution in [3.63, 3.8) is 0 Å². The van der Waals surface area contributed by atoms with Crippen LogP contribution in [-0.4, -0.2) is 37.9 Å². The molecule has 0 aliphatic carbocycles. The number of alkyl halides is 3. The lowest BCUT2D eigenvalue weighted by molar-refractivity contribution is -0.274. The fourth-order valence-electron chi connectivity index (χ4n) is 2.88. The smallest absolute Gasteiger partial charge is 0.406 e. The predicted molar refractivity (Wildman–Crippen MR) is 79.7 cm³/mol. The van der Waals surface area contributed by atoms with Gasteiger partial charge >= 0.3 is 6.36 Å². The molecule has 0 atom stereocenters. The van der Waals surface area contributed by atoms with Crippen molar-refractivity contribution in [3.8, 4) is 5.75 Å². The summed E-state index contributed by atoms with van der Waals surface area (Å²) in [4.78, 5) is 2.29. The van der Waals surface area contributed by atoms with Gasteiger partial charge < -0.3 is 10.1 Å². The molecule has 6 heteroatoms. The Kier molecular flexibility index (Phi) is 6.08. The summed E-state index contributed by atoms with van der Waals surface area (Å²) >= 11 is 0. The summed E-state index contributed by atoms with van der Waals surface area (Å²) in [6.45, 7) is 3.72. The molecule has 0 unspecified atom stereocenters. The number of nitrogens with one attached hydrogen (secondary N) is 1. The number of piperidine rings is 1. The normalized spacial score (nSPS) is 17.6. The van der Waals surface area contributed by atoms with Crippen LogP contribution >= 0.6 is 0 Å². The van der Waals surface area contributed by atoms with Crippen LogP contribution in [0, 0.1) is 5.92 Å². The summed E-state index contributed by atoms with van der Waals surface area (Å²) in [5.41, 5.74) is 0.857.